The van der Waals surface area contributed by atoms with E-state index in [4.69, 9.17) is 14.2 Å². The van der Waals surface area contributed by atoms with Crippen molar-refractivity contribution in [2.45, 2.75) is 32.2 Å². The van der Waals surface area contributed by atoms with Crippen molar-refractivity contribution in [2.75, 3.05) is 34.4 Å². The molecule has 2 fully saturated rings. The molecule has 2 atom stereocenters. The Kier molecular flexibility index (Phi) is 6.79. The summed E-state index contributed by atoms with van der Waals surface area (Å²) in [6, 6.07) is 9.38. The molecule has 7 nitrogen and oxygen atoms in total. The van der Waals surface area contributed by atoms with Crippen LogP contribution in [0.5, 0.6) is 23.1 Å². The Balaban J connectivity index is 1.36. The third-order valence-electron chi connectivity index (χ3n) is 6.33. The fourth-order valence-electron chi connectivity index (χ4n) is 4.69. The van der Waals surface area contributed by atoms with Gasteiger partial charge in [-0.25, -0.2) is 4.98 Å². The van der Waals surface area contributed by atoms with Gasteiger partial charge >= 0.3 is 0 Å². The van der Waals surface area contributed by atoms with E-state index in [-0.39, 0.29) is 0 Å². The van der Waals surface area contributed by atoms with Gasteiger partial charge in [0.2, 0.25) is 11.6 Å². The Morgan fingerprint density at radius 3 is 2.29 bits per heavy atom. The van der Waals surface area contributed by atoms with Crippen molar-refractivity contribution >= 4 is 5.96 Å². The number of nitrogens with one attached hydrogen (secondary N) is 1. The molecule has 7 heteroatoms. The van der Waals surface area contributed by atoms with E-state index in [2.05, 4.69) is 20.2 Å². The summed E-state index contributed by atoms with van der Waals surface area (Å²) in [6.07, 6.45) is 7.30. The first-order valence-corrected chi connectivity index (χ1v) is 11.0. The normalized spacial score (nSPS) is 20.9. The summed E-state index contributed by atoms with van der Waals surface area (Å²) in [4.78, 5) is 11.4. The molecule has 166 valence electrons. The maximum absolute atomic E-state index is 5.95. The number of ether oxygens (including phenoxy) is 3. The first kappa shape index (κ1) is 21.3. The molecule has 0 amide bonds. The zero-order chi connectivity index (χ0) is 21.6. The average molecular weight is 425 g/mol. The molecule has 1 saturated carbocycles. The second-order valence-corrected chi connectivity index (χ2v) is 8.21. The molecule has 4 rings (SSSR count). The van der Waals surface area contributed by atoms with Gasteiger partial charge < -0.3 is 24.4 Å². The largest absolute Gasteiger partial charge is 0.493 e. The number of fused-ring (bicyclic) bond motifs is 1. The van der Waals surface area contributed by atoms with Crippen molar-refractivity contribution in [3.63, 3.8) is 0 Å². The Labute approximate surface area is 184 Å². The Morgan fingerprint density at radius 1 is 1.06 bits per heavy atom. The number of rotatable bonds is 6. The number of nitrogens with zero attached hydrogens (tertiary/aromatic N) is 3. The molecule has 1 aromatic heterocycles. The summed E-state index contributed by atoms with van der Waals surface area (Å²) < 4.78 is 16.7. The van der Waals surface area contributed by atoms with Crippen molar-refractivity contribution in [3.05, 3.63) is 42.1 Å². The topological polar surface area (TPSA) is 68.2 Å². The molecule has 1 aliphatic heterocycles. The maximum atomic E-state index is 5.95. The number of likely N-dealkylation sites (tertiary alicyclic amines) is 1. The first-order chi connectivity index (χ1) is 15.2. The van der Waals surface area contributed by atoms with Crippen molar-refractivity contribution < 1.29 is 14.2 Å². The lowest BCUT2D eigenvalue weighted by Crippen LogP contribution is -2.39. The van der Waals surface area contributed by atoms with Crippen LogP contribution < -0.4 is 19.5 Å². The van der Waals surface area contributed by atoms with E-state index in [9.17, 15) is 0 Å². The second-order valence-electron chi connectivity index (χ2n) is 8.21. The van der Waals surface area contributed by atoms with E-state index < -0.39 is 0 Å². The minimum absolute atomic E-state index is 0.486. The monoisotopic (exact) mass is 424 g/mol. The lowest BCUT2D eigenvalue weighted by Gasteiger charge is -2.22. The Morgan fingerprint density at radius 2 is 1.74 bits per heavy atom. The highest BCUT2D eigenvalue weighted by molar-refractivity contribution is 5.80. The molecule has 31 heavy (non-hydrogen) atoms. The molecule has 0 bridgehead atoms. The summed E-state index contributed by atoms with van der Waals surface area (Å²) in [5, 5.41) is 3.50. The molecule has 2 unspecified atom stereocenters. The number of aromatic nitrogens is 1. The van der Waals surface area contributed by atoms with E-state index in [1.54, 1.807) is 14.2 Å². The summed E-state index contributed by atoms with van der Waals surface area (Å²) in [6.45, 7) is 2.91. The summed E-state index contributed by atoms with van der Waals surface area (Å²) in [5.74, 6) is 4.84. The molecule has 1 saturated heterocycles. The smallest absolute Gasteiger partial charge is 0.219 e. The van der Waals surface area contributed by atoms with Crippen molar-refractivity contribution in [3.8, 4) is 23.1 Å². The van der Waals surface area contributed by atoms with Gasteiger partial charge in [-0.05, 0) is 42.4 Å². The molecule has 1 aromatic carbocycles. The van der Waals surface area contributed by atoms with Crippen LogP contribution in [0.3, 0.4) is 0 Å². The highest BCUT2D eigenvalue weighted by Crippen LogP contribution is 2.39. The Bertz CT molecular complexity index is 864. The number of guanidine groups is 1. The third-order valence-corrected chi connectivity index (χ3v) is 6.33. The first-order valence-electron chi connectivity index (χ1n) is 11.0. The standard InChI is InChI=1S/C24H32N4O3/c1-25-24(28-15-18-7-4-5-8-19(18)16-28)27-14-17-11-12-22(26-13-17)31-23-20(29-2)9-6-10-21(23)30-3/h6,9-13,18-19H,4-5,7-8,14-16H2,1-3H3,(H,25,27). The van der Waals surface area contributed by atoms with Gasteiger partial charge in [0.25, 0.3) is 0 Å². The molecule has 0 spiro atoms. The van der Waals surface area contributed by atoms with Crippen LogP contribution in [0.4, 0.5) is 0 Å². The van der Waals surface area contributed by atoms with E-state index in [1.165, 1.54) is 25.7 Å². The van der Waals surface area contributed by atoms with E-state index in [0.717, 1.165) is 36.4 Å². The van der Waals surface area contributed by atoms with Crippen LogP contribution in [0.25, 0.3) is 0 Å². The average Bonchev–Trinajstić information content (AvgIpc) is 3.24. The number of benzene rings is 1. The van der Waals surface area contributed by atoms with Gasteiger partial charge in [0.05, 0.1) is 14.2 Å². The van der Waals surface area contributed by atoms with Crippen LogP contribution >= 0.6 is 0 Å². The molecule has 2 aromatic rings. The molecule has 2 aliphatic rings. The fraction of sp³-hybridized carbons (Fsp3) is 0.500. The molecular formula is C24H32N4O3. The van der Waals surface area contributed by atoms with Crippen molar-refractivity contribution in [1.29, 1.82) is 0 Å². The van der Waals surface area contributed by atoms with E-state index in [0.29, 0.717) is 29.7 Å². The van der Waals surface area contributed by atoms with Crippen LogP contribution in [-0.4, -0.2) is 50.2 Å². The minimum Gasteiger partial charge on any atom is -0.493 e. The van der Waals surface area contributed by atoms with Crippen LogP contribution in [0.1, 0.15) is 31.2 Å². The van der Waals surface area contributed by atoms with Gasteiger partial charge in [-0.3, -0.25) is 4.99 Å². The zero-order valence-corrected chi connectivity index (χ0v) is 18.6. The van der Waals surface area contributed by atoms with Crippen molar-refractivity contribution in [1.82, 2.24) is 15.2 Å². The summed E-state index contributed by atoms with van der Waals surface area (Å²) in [7, 11) is 5.07. The second kappa shape index (κ2) is 9.90. The van der Waals surface area contributed by atoms with Gasteiger partial charge in [0.15, 0.2) is 17.5 Å². The number of hydrogen-bond acceptors (Lipinski definition) is 5. The molecule has 2 heterocycles. The third kappa shape index (κ3) is 4.86. The number of pyridine rings is 1. The quantitative estimate of drug-likeness (QED) is 0.557. The van der Waals surface area contributed by atoms with Gasteiger partial charge in [-0.2, -0.15) is 0 Å². The highest BCUT2D eigenvalue weighted by Gasteiger charge is 2.35. The molecule has 1 aliphatic carbocycles. The SMILES string of the molecule is CN=C(NCc1ccc(Oc2c(OC)cccc2OC)nc1)N1CC2CCCCC2C1. The molecule has 0 radical (unpaired) electrons. The molecule has 1 N–H and O–H groups in total. The van der Waals surface area contributed by atoms with Gasteiger partial charge in [0, 0.05) is 38.9 Å². The number of hydrogen-bond donors (Lipinski definition) is 1. The van der Waals surface area contributed by atoms with Gasteiger partial charge in [-0.1, -0.05) is 25.0 Å². The lowest BCUT2D eigenvalue weighted by molar-refractivity contribution is 0.299. The van der Waals surface area contributed by atoms with Crippen LogP contribution in [0, 0.1) is 11.8 Å². The summed E-state index contributed by atoms with van der Waals surface area (Å²) >= 11 is 0. The van der Waals surface area contributed by atoms with Gasteiger partial charge in [-0.15, -0.1) is 0 Å². The van der Waals surface area contributed by atoms with Crippen LogP contribution in [0.2, 0.25) is 0 Å². The number of para-hydroxylation sites is 1. The Hall–Kier alpha value is -2.96. The predicted molar refractivity (Wildman–Crippen MR) is 121 cm³/mol. The molecular weight excluding hydrogens is 392 g/mol. The highest BCUT2D eigenvalue weighted by atomic mass is 16.5. The lowest BCUT2D eigenvalue weighted by atomic mass is 9.82. The zero-order valence-electron chi connectivity index (χ0n) is 18.6. The predicted octanol–water partition coefficient (Wildman–Crippen LogP) is 4.09. The van der Waals surface area contributed by atoms with Crippen LogP contribution in [0.15, 0.2) is 41.5 Å². The number of methoxy groups -OCH3 is 2. The van der Waals surface area contributed by atoms with E-state index >= 15 is 0 Å². The van der Waals surface area contributed by atoms with Gasteiger partial charge in [0.1, 0.15) is 0 Å². The van der Waals surface area contributed by atoms with Crippen molar-refractivity contribution in [2.24, 2.45) is 16.8 Å². The van der Waals surface area contributed by atoms with E-state index in [1.807, 2.05) is 43.6 Å². The number of aliphatic imine (C=N–C) groups is 1. The maximum Gasteiger partial charge on any atom is 0.219 e. The minimum atomic E-state index is 0.486. The fourth-order valence-corrected chi connectivity index (χ4v) is 4.69. The van der Waals surface area contributed by atoms with Crippen LogP contribution in [-0.2, 0) is 6.54 Å². The summed E-state index contributed by atoms with van der Waals surface area (Å²) in [5.41, 5.74) is 1.07.